The summed E-state index contributed by atoms with van der Waals surface area (Å²) in [7, 11) is 0. The quantitative estimate of drug-likeness (QED) is 0.816. The van der Waals surface area contributed by atoms with Crippen molar-refractivity contribution in [2.24, 2.45) is 5.73 Å². The molecule has 0 saturated heterocycles. The van der Waals surface area contributed by atoms with Crippen LogP contribution in [0.15, 0.2) is 35.1 Å². The lowest BCUT2D eigenvalue weighted by Crippen LogP contribution is -2.32. The van der Waals surface area contributed by atoms with Crippen molar-refractivity contribution < 1.29 is 0 Å². The third-order valence-electron chi connectivity index (χ3n) is 2.57. The Morgan fingerprint density at radius 3 is 2.65 bits per heavy atom. The van der Waals surface area contributed by atoms with Crippen LogP contribution < -0.4 is 11.4 Å². The Morgan fingerprint density at radius 1 is 1.29 bits per heavy atom. The Bertz CT molecular complexity index is 530. The van der Waals surface area contributed by atoms with E-state index >= 15 is 0 Å². The van der Waals surface area contributed by atoms with Crippen LogP contribution in [0.2, 0.25) is 0 Å². The van der Waals surface area contributed by atoms with Gasteiger partial charge in [-0.15, -0.1) is 0 Å². The number of benzene rings is 1. The van der Waals surface area contributed by atoms with Crippen LogP contribution in [0, 0.1) is 0 Å². The van der Waals surface area contributed by atoms with Gasteiger partial charge >= 0.3 is 5.69 Å². The topological polar surface area (TPSA) is 78.7 Å². The van der Waals surface area contributed by atoms with Crippen molar-refractivity contribution in [1.82, 2.24) is 19.8 Å². The smallest absolute Gasteiger partial charge is 0.326 e. The molecule has 0 amide bonds. The molecule has 2 N–H and O–H groups in total. The van der Waals surface area contributed by atoms with Gasteiger partial charge in [-0.25, -0.2) is 4.79 Å². The molecule has 17 heavy (non-hydrogen) atoms. The minimum absolute atomic E-state index is 0.0753. The summed E-state index contributed by atoms with van der Waals surface area (Å²) in [5.74, 6) is 0. The van der Waals surface area contributed by atoms with Crippen molar-refractivity contribution in [3.63, 3.8) is 0 Å². The van der Waals surface area contributed by atoms with Gasteiger partial charge in [0.15, 0.2) is 0 Å². The van der Waals surface area contributed by atoms with Crippen LogP contribution in [0.3, 0.4) is 0 Å². The van der Waals surface area contributed by atoms with E-state index < -0.39 is 0 Å². The van der Waals surface area contributed by atoms with Gasteiger partial charge in [-0.3, -0.25) is 0 Å². The molecule has 0 aliphatic heterocycles. The number of nitrogens with two attached hydrogens (primary N) is 1. The number of hydrogen-bond donors (Lipinski definition) is 1. The first kappa shape index (κ1) is 11.5. The fourth-order valence-electron chi connectivity index (χ4n) is 1.47. The molecule has 0 radical (unpaired) electrons. The van der Waals surface area contributed by atoms with Crippen LogP contribution >= 0.6 is 0 Å². The van der Waals surface area contributed by atoms with Crippen molar-refractivity contribution in [3.8, 4) is 5.69 Å². The summed E-state index contributed by atoms with van der Waals surface area (Å²) in [6.45, 7) is 2.36. The lowest BCUT2D eigenvalue weighted by atomic mass is 10.2. The molecular formula is C11H15N5O. The first-order valence-electron chi connectivity index (χ1n) is 5.56. The fraction of sp³-hybridized carbons (Fsp3) is 0.364. The van der Waals surface area contributed by atoms with Gasteiger partial charge in [0.2, 0.25) is 0 Å². The van der Waals surface area contributed by atoms with Gasteiger partial charge in [0.1, 0.15) is 0 Å². The Morgan fingerprint density at radius 2 is 2.00 bits per heavy atom. The van der Waals surface area contributed by atoms with Gasteiger partial charge in [0.25, 0.3) is 0 Å². The number of tetrazole rings is 1. The summed E-state index contributed by atoms with van der Waals surface area (Å²) in [5, 5.41) is 7.65. The first-order chi connectivity index (χ1) is 8.22. The second kappa shape index (κ2) is 4.92. The SMILES string of the molecule is CC[C@H](N)Cn1nnn(-c2ccccc2)c1=O. The van der Waals surface area contributed by atoms with Crippen LogP contribution in [0.4, 0.5) is 0 Å². The molecule has 2 aromatic rings. The lowest BCUT2D eigenvalue weighted by Gasteiger charge is -2.05. The second-order valence-corrected chi connectivity index (χ2v) is 3.86. The molecule has 6 heteroatoms. The van der Waals surface area contributed by atoms with E-state index in [0.717, 1.165) is 6.42 Å². The highest BCUT2D eigenvalue weighted by atomic mass is 16.2. The van der Waals surface area contributed by atoms with Crippen molar-refractivity contribution in [3.05, 3.63) is 40.8 Å². The van der Waals surface area contributed by atoms with Gasteiger partial charge in [-0.2, -0.15) is 9.36 Å². The van der Waals surface area contributed by atoms with Gasteiger partial charge in [0.05, 0.1) is 12.2 Å². The highest BCUT2D eigenvalue weighted by molar-refractivity contribution is 5.28. The Labute approximate surface area is 98.6 Å². The molecule has 1 atom stereocenters. The average Bonchev–Trinajstić information content (AvgIpc) is 2.72. The van der Waals surface area contributed by atoms with E-state index in [1.807, 2.05) is 25.1 Å². The Balaban J connectivity index is 2.31. The molecule has 1 aromatic heterocycles. The lowest BCUT2D eigenvalue weighted by molar-refractivity contribution is 0.479. The summed E-state index contributed by atoms with van der Waals surface area (Å²) in [4.78, 5) is 12.0. The molecule has 1 aromatic carbocycles. The number of rotatable bonds is 4. The molecule has 0 bridgehead atoms. The second-order valence-electron chi connectivity index (χ2n) is 3.86. The molecule has 0 fully saturated rings. The fourth-order valence-corrected chi connectivity index (χ4v) is 1.47. The van der Waals surface area contributed by atoms with Crippen molar-refractivity contribution in [2.45, 2.75) is 25.9 Å². The maximum atomic E-state index is 12.0. The number of para-hydroxylation sites is 1. The summed E-state index contributed by atoms with van der Waals surface area (Å²) in [5.41, 5.74) is 6.22. The zero-order valence-corrected chi connectivity index (χ0v) is 9.65. The summed E-state index contributed by atoms with van der Waals surface area (Å²) in [6, 6.07) is 9.11. The predicted molar refractivity (Wildman–Crippen MR) is 63.9 cm³/mol. The molecular weight excluding hydrogens is 218 g/mol. The standard InChI is InChI=1S/C11H15N5O/c1-2-9(12)8-15-11(17)16(14-13-15)10-6-4-3-5-7-10/h3-7,9H,2,8,12H2,1H3/t9-/m0/s1. The molecule has 0 spiro atoms. The minimum atomic E-state index is -0.264. The molecule has 1 heterocycles. The average molecular weight is 233 g/mol. The normalized spacial score (nSPS) is 12.6. The summed E-state index contributed by atoms with van der Waals surface area (Å²) < 4.78 is 2.56. The van der Waals surface area contributed by atoms with Crippen LogP contribution in [-0.4, -0.2) is 25.8 Å². The number of aromatic nitrogens is 4. The summed E-state index contributed by atoms with van der Waals surface area (Å²) >= 11 is 0. The molecule has 90 valence electrons. The Hall–Kier alpha value is -1.95. The van der Waals surface area contributed by atoms with Gasteiger partial charge in [-0.05, 0) is 29.0 Å². The van der Waals surface area contributed by atoms with E-state index in [-0.39, 0.29) is 11.7 Å². The van der Waals surface area contributed by atoms with E-state index in [9.17, 15) is 4.79 Å². The van der Waals surface area contributed by atoms with E-state index in [1.54, 1.807) is 12.1 Å². The van der Waals surface area contributed by atoms with Crippen LogP contribution in [0.25, 0.3) is 5.69 Å². The van der Waals surface area contributed by atoms with E-state index in [2.05, 4.69) is 10.4 Å². The van der Waals surface area contributed by atoms with E-state index in [1.165, 1.54) is 9.36 Å². The van der Waals surface area contributed by atoms with Gasteiger partial charge in [-0.1, -0.05) is 25.1 Å². The first-order valence-corrected chi connectivity index (χ1v) is 5.56. The molecule has 0 saturated carbocycles. The Kier molecular flexibility index (Phi) is 3.34. The van der Waals surface area contributed by atoms with Crippen LogP contribution in [0.1, 0.15) is 13.3 Å². The summed E-state index contributed by atoms with van der Waals surface area (Å²) in [6.07, 6.45) is 0.796. The molecule has 0 aliphatic rings. The third-order valence-corrected chi connectivity index (χ3v) is 2.57. The highest BCUT2D eigenvalue weighted by Gasteiger charge is 2.10. The molecule has 0 aliphatic carbocycles. The van der Waals surface area contributed by atoms with E-state index in [4.69, 9.17) is 5.73 Å². The van der Waals surface area contributed by atoms with Crippen molar-refractivity contribution in [1.29, 1.82) is 0 Å². The maximum absolute atomic E-state index is 12.0. The zero-order valence-electron chi connectivity index (χ0n) is 9.65. The highest BCUT2D eigenvalue weighted by Crippen LogP contribution is 2.00. The van der Waals surface area contributed by atoms with Crippen LogP contribution in [-0.2, 0) is 6.54 Å². The largest absolute Gasteiger partial charge is 0.368 e. The minimum Gasteiger partial charge on any atom is -0.326 e. The monoisotopic (exact) mass is 233 g/mol. The third kappa shape index (κ3) is 2.42. The van der Waals surface area contributed by atoms with E-state index in [0.29, 0.717) is 12.2 Å². The van der Waals surface area contributed by atoms with Gasteiger partial charge < -0.3 is 5.73 Å². The number of nitrogens with zero attached hydrogens (tertiary/aromatic N) is 4. The maximum Gasteiger partial charge on any atom is 0.368 e. The molecule has 2 rings (SSSR count). The van der Waals surface area contributed by atoms with Crippen molar-refractivity contribution >= 4 is 0 Å². The van der Waals surface area contributed by atoms with Crippen LogP contribution in [0.5, 0.6) is 0 Å². The van der Waals surface area contributed by atoms with Crippen molar-refractivity contribution in [2.75, 3.05) is 0 Å². The van der Waals surface area contributed by atoms with Gasteiger partial charge in [0, 0.05) is 6.04 Å². The zero-order chi connectivity index (χ0) is 12.3. The molecule has 6 nitrogen and oxygen atoms in total. The molecule has 0 unspecified atom stereocenters. The number of hydrogen-bond acceptors (Lipinski definition) is 4. The predicted octanol–water partition coefficient (Wildman–Crippen LogP) is 0.166.